The lowest BCUT2D eigenvalue weighted by molar-refractivity contribution is 0.405. The van der Waals surface area contributed by atoms with Gasteiger partial charge in [-0.1, -0.05) is 30.3 Å². The lowest BCUT2D eigenvalue weighted by Crippen LogP contribution is -2.04. The molecule has 0 saturated carbocycles. The highest BCUT2D eigenvalue weighted by molar-refractivity contribution is 5.91. The average molecular weight is 455 g/mol. The first kappa shape index (κ1) is 21.5. The number of benzene rings is 2. The standard InChI is InChI=1S/C26H22FN5O2/c1-33-19-9-7-17(8-10-19)16-32-23-6-4-3-5-20(23)25(31-32)26-29-15-24(34-2)22(30-26)13-18-11-12-28-14-21(18)27/h3-12,14-15H,13,16H2,1-2H3. The van der Waals surface area contributed by atoms with E-state index < -0.39 is 0 Å². The minimum atomic E-state index is -0.390. The van der Waals surface area contributed by atoms with E-state index >= 15 is 0 Å². The van der Waals surface area contributed by atoms with E-state index in [4.69, 9.17) is 19.6 Å². The molecule has 0 atom stereocenters. The number of ether oxygens (including phenoxy) is 2. The molecule has 0 aliphatic heterocycles. The number of hydrogen-bond donors (Lipinski definition) is 0. The molecule has 170 valence electrons. The highest BCUT2D eigenvalue weighted by Crippen LogP contribution is 2.29. The Kier molecular flexibility index (Phi) is 5.86. The Hall–Kier alpha value is -4.33. The first-order valence-corrected chi connectivity index (χ1v) is 10.7. The summed E-state index contributed by atoms with van der Waals surface area (Å²) < 4.78 is 26.9. The van der Waals surface area contributed by atoms with Crippen molar-refractivity contribution in [2.45, 2.75) is 13.0 Å². The number of methoxy groups -OCH3 is 2. The first-order valence-electron chi connectivity index (χ1n) is 10.7. The molecule has 5 aromatic rings. The Labute approximate surface area is 195 Å². The quantitative estimate of drug-likeness (QED) is 0.355. The Balaban J connectivity index is 1.55. The fraction of sp³-hybridized carbons (Fsp3) is 0.154. The van der Waals surface area contributed by atoms with E-state index in [1.807, 2.05) is 53.2 Å². The highest BCUT2D eigenvalue weighted by atomic mass is 19.1. The number of halogens is 1. The topological polar surface area (TPSA) is 75.0 Å². The number of fused-ring (bicyclic) bond motifs is 1. The van der Waals surface area contributed by atoms with Gasteiger partial charge in [0.2, 0.25) is 0 Å². The van der Waals surface area contributed by atoms with E-state index in [1.165, 1.54) is 6.20 Å². The van der Waals surface area contributed by atoms with Crippen LogP contribution in [-0.4, -0.2) is 39.0 Å². The summed E-state index contributed by atoms with van der Waals surface area (Å²) in [5, 5.41) is 5.79. The van der Waals surface area contributed by atoms with Crippen LogP contribution in [-0.2, 0) is 13.0 Å². The molecule has 8 heteroatoms. The summed E-state index contributed by atoms with van der Waals surface area (Å²) in [4.78, 5) is 13.0. The molecule has 0 fully saturated rings. The van der Waals surface area contributed by atoms with Crippen molar-refractivity contribution in [2.24, 2.45) is 0 Å². The van der Waals surface area contributed by atoms with Crippen molar-refractivity contribution >= 4 is 10.9 Å². The number of rotatable bonds is 7. The second kappa shape index (κ2) is 9.27. The van der Waals surface area contributed by atoms with Crippen LogP contribution in [0.3, 0.4) is 0 Å². The lowest BCUT2D eigenvalue weighted by Gasteiger charge is -2.09. The Bertz CT molecular complexity index is 1450. The summed E-state index contributed by atoms with van der Waals surface area (Å²) in [5.41, 5.74) is 3.77. The van der Waals surface area contributed by atoms with E-state index in [1.54, 1.807) is 32.7 Å². The van der Waals surface area contributed by atoms with E-state index in [0.717, 1.165) is 22.2 Å². The second-order valence-electron chi connectivity index (χ2n) is 7.72. The molecule has 0 unspecified atom stereocenters. The van der Waals surface area contributed by atoms with Crippen LogP contribution in [0.2, 0.25) is 0 Å². The summed E-state index contributed by atoms with van der Waals surface area (Å²) >= 11 is 0. The van der Waals surface area contributed by atoms with Crippen molar-refractivity contribution in [3.63, 3.8) is 0 Å². The molecule has 0 saturated heterocycles. The van der Waals surface area contributed by atoms with E-state index in [0.29, 0.717) is 35.1 Å². The highest BCUT2D eigenvalue weighted by Gasteiger charge is 2.18. The normalized spacial score (nSPS) is 11.0. The third-order valence-corrected chi connectivity index (χ3v) is 5.62. The van der Waals surface area contributed by atoms with Gasteiger partial charge in [-0.2, -0.15) is 5.10 Å². The molecule has 7 nitrogen and oxygen atoms in total. The molecular weight excluding hydrogens is 433 g/mol. The SMILES string of the molecule is COc1ccc(Cn2nc(-c3ncc(OC)c(Cc4ccncc4F)n3)c3ccccc32)cc1. The van der Waals surface area contributed by atoms with E-state index in [2.05, 4.69) is 9.97 Å². The molecule has 0 aliphatic carbocycles. The summed E-state index contributed by atoms with van der Waals surface area (Å²) in [6.07, 6.45) is 4.60. The van der Waals surface area contributed by atoms with Crippen LogP contribution in [0.5, 0.6) is 11.5 Å². The second-order valence-corrected chi connectivity index (χ2v) is 7.72. The van der Waals surface area contributed by atoms with Crippen molar-refractivity contribution < 1.29 is 13.9 Å². The number of para-hydroxylation sites is 1. The minimum Gasteiger partial charge on any atom is -0.497 e. The molecule has 0 amide bonds. The number of hydrogen-bond acceptors (Lipinski definition) is 6. The number of nitrogens with zero attached hydrogens (tertiary/aromatic N) is 5. The van der Waals surface area contributed by atoms with Gasteiger partial charge in [-0.05, 0) is 35.4 Å². The zero-order chi connectivity index (χ0) is 23.5. The fourth-order valence-electron chi connectivity index (χ4n) is 3.86. The van der Waals surface area contributed by atoms with Gasteiger partial charge < -0.3 is 9.47 Å². The van der Waals surface area contributed by atoms with Gasteiger partial charge in [-0.15, -0.1) is 0 Å². The van der Waals surface area contributed by atoms with Gasteiger partial charge in [0.05, 0.1) is 44.4 Å². The molecule has 3 aromatic heterocycles. The summed E-state index contributed by atoms with van der Waals surface area (Å²) in [6.45, 7) is 0.579. The minimum absolute atomic E-state index is 0.248. The van der Waals surface area contributed by atoms with Crippen LogP contribution in [0.15, 0.2) is 73.2 Å². The van der Waals surface area contributed by atoms with Crippen LogP contribution in [0.25, 0.3) is 22.4 Å². The van der Waals surface area contributed by atoms with Gasteiger partial charge in [0.1, 0.15) is 17.3 Å². The smallest absolute Gasteiger partial charge is 0.181 e. The van der Waals surface area contributed by atoms with Gasteiger partial charge in [0.15, 0.2) is 11.6 Å². The third-order valence-electron chi connectivity index (χ3n) is 5.62. The van der Waals surface area contributed by atoms with Gasteiger partial charge >= 0.3 is 0 Å². The molecule has 0 bridgehead atoms. The molecule has 2 aromatic carbocycles. The van der Waals surface area contributed by atoms with Crippen LogP contribution in [0, 0.1) is 5.82 Å². The maximum Gasteiger partial charge on any atom is 0.181 e. The molecule has 0 spiro atoms. The maximum absolute atomic E-state index is 14.2. The van der Waals surface area contributed by atoms with E-state index in [9.17, 15) is 4.39 Å². The number of pyridine rings is 1. The Morgan fingerprint density at radius 1 is 0.941 bits per heavy atom. The van der Waals surface area contributed by atoms with Crippen molar-refractivity contribution in [2.75, 3.05) is 14.2 Å². The predicted molar refractivity (Wildman–Crippen MR) is 126 cm³/mol. The van der Waals surface area contributed by atoms with Crippen LogP contribution >= 0.6 is 0 Å². The average Bonchev–Trinajstić information content (AvgIpc) is 3.24. The summed E-state index contributed by atoms with van der Waals surface area (Å²) in [7, 11) is 3.19. The predicted octanol–water partition coefficient (Wildman–Crippen LogP) is 4.68. The zero-order valence-corrected chi connectivity index (χ0v) is 18.8. The third kappa shape index (κ3) is 4.17. The number of aromatic nitrogens is 5. The molecular formula is C26H22FN5O2. The molecule has 0 N–H and O–H groups in total. The van der Waals surface area contributed by atoms with Gasteiger partial charge in [0, 0.05) is 18.0 Å². The zero-order valence-electron chi connectivity index (χ0n) is 18.8. The molecule has 0 radical (unpaired) electrons. The van der Waals surface area contributed by atoms with E-state index in [-0.39, 0.29) is 12.2 Å². The van der Waals surface area contributed by atoms with Crippen molar-refractivity contribution in [1.29, 1.82) is 0 Å². The molecule has 5 rings (SSSR count). The van der Waals surface area contributed by atoms with Gasteiger partial charge in [-0.3, -0.25) is 9.67 Å². The monoisotopic (exact) mass is 455 g/mol. The molecule has 0 aliphatic rings. The van der Waals surface area contributed by atoms with Gasteiger partial charge in [-0.25, -0.2) is 14.4 Å². The van der Waals surface area contributed by atoms with Crippen LogP contribution < -0.4 is 9.47 Å². The summed E-state index contributed by atoms with van der Waals surface area (Å²) in [6, 6.07) is 17.5. The van der Waals surface area contributed by atoms with Crippen molar-refractivity contribution in [3.8, 4) is 23.0 Å². The summed E-state index contributed by atoms with van der Waals surface area (Å²) in [5.74, 6) is 1.36. The fourth-order valence-corrected chi connectivity index (χ4v) is 3.86. The largest absolute Gasteiger partial charge is 0.497 e. The van der Waals surface area contributed by atoms with Crippen LogP contribution in [0.4, 0.5) is 4.39 Å². The lowest BCUT2D eigenvalue weighted by atomic mass is 10.1. The first-order chi connectivity index (χ1) is 16.7. The van der Waals surface area contributed by atoms with Crippen molar-refractivity contribution in [1.82, 2.24) is 24.7 Å². The molecule has 3 heterocycles. The maximum atomic E-state index is 14.2. The van der Waals surface area contributed by atoms with Gasteiger partial charge in [0.25, 0.3) is 0 Å². The Morgan fingerprint density at radius 3 is 2.53 bits per heavy atom. The van der Waals surface area contributed by atoms with Crippen molar-refractivity contribution in [3.05, 3.63) is 95.8 Å². The Morgan fingerprint density at radius 2 is 1.76 bits per heavy atom. The molecule has 34 heavy (non-hydrogen) atoms. The van der Waals surface area contributed by atoms with Crippen LogP contribution in [0.1, 0.15) is 16.8 Å².